The van der Waals surface area contributed by atoms with E-state index in [4.69, 9.17) is 4.74 Å². The van der Waals surface area contributed by atoms with Crippen molar-refractivity contribution in [2.45, 2.75) is 32.3 Å². The van der Waals surface area contributed by atoms with Crippen LogP contribution >= 0.6 is 0 Å². The van der Waals surface area contributed by atoms with Crippen LogP contribution in [0.3, 0.4) is 0 Å². The molecule has 1 heterocycles. The topological polar surface area (TPSA) is 75.7 Å². The lowest BCUT2D eigenvalue weighted by Gasteiger charge is -2.35. The van der Waals surface area contributed by atoms with Crippen molar-refractivity contribution in [2.75, 3.05) is 23.7 Å². The highest BCUT2D eigenvalue weighted by molar-refractivity contribution is 7.92. The fourth-order valence-corrected chi connectivity index (χ4v) is 3.36. The van der Waals surface area contributed by atoms with Crippen LogP contribution in [-0.2, 0) is 20.2 Å². The van der Waals surface area contributed by atoms with E-state index >= 15 is 0 Å². The molecule has 0 aromatic heterocycles. The summed E-state index contributed by atoms with van der Waals surface area (Å²) in [6, 6.07) is 5.43. The first-order valence-corrected chi connectivity index (χ1v) is 9.56. The Morgan fingerprint density at radius 1 is 1.46 bits per heavy atom. The third-order valence-electron chi connectivity index (χ3n) is 3.81. The molecule has 1 atom stereocenters. The number of sulfonamides is 1. The molecule has 0 radical (unpaired) electrons. The van der Waals surface area contributed by atoms with E-state index in [1.54, 1.807) is 12.1 Å². The number of nitrogens with one attached hydrogen (secondary N) is 1. The molecule has 0 bridgehead atoms. The van der Waals surface area contributed by atoms with Gasteiger partial charge in [0.15, 0.2) is 6.10 Å². The fourth-order valence-electron chi connectivity index (χ4n) is 2.46. The Labute approximate surface area is 143 Å². The Morgan fingerprint density at radius 3 is 2.67 bits per heavy atom. The third-order valence-corrected chi connectivity index (χ3v) is 4.95. The molecule has 7 heteroatoms. The molecule has 2 rings (SSSR count). The summed E-state index contributed by atoms with van der Waals surface area (Å²) in [4.78, 5) is 12.2. The van der Waals surface area contributed by atoms with Gasteiger partial charge in [0.05, 0.1) is 18.5 Å². The van der Waals surface area contributed by atoms with Crippen molar-refractivity contribution >= 4 is 21.6 Å². The van der Waals surface area contributed by atoms with Crippen LogP contribution in [0, 0.1) is 0 Å². The minimum absolute atomic E-state index is 0.0532. The van der Waals surface area contributed by atoms with Crippen molar-refractivity contribution in [3.63, 3.8) is 0 Å². The van der Waals surface area contributed by atoms with Crippen LogP contribution in [0.5, 0.6) is 5.75 Å². The van der Waals surface area contributed by atoms with Crippen molar-refractivity contribution in [2.24, 2.45) is 0 Å². The van der Waals surface area contributed by atoms with Crippen molar-refractivity contribution in [1.29, 1.82) is 0 Å². The number of fused-ring (bicyclic) bond motifs is 1. The molecular formula is C17H24N2O4S. The second-order valence-electron chi connectivity index (χ2n) is 6.87. The molecule has 0 fully saturated rings. The van der Waals surface area contributed by atoms with Gasteiger partial charge in [-0.05, 0) is 23.1 Å². The minimum Gasteiger partial charge on any atom is -0.476 e. The molecule has 1 aromatic rings. The summed E-state index contributed by atoms with van der Waals surface area (Å²) in [5.41, 5.74) is 1.34. The van der Waals surface area contributed by atoms with Crippen LogP contribution in [0.2, 0.25) is 0 Å². The Balaban J connectivity index is 2.44. The highest BCUT2D eigenvalue weighted by Crippen LogP contribution is 2.38. The first kappa shape index (κ1) is 18.3. The van der Waals surface area contributed by atoms with Gasteiger partial charge in [-0.1, -0.05) is 32.9 Å². The van der Waals surface area contributed by atoms with Gasteiger partial charge in [0.2, 0.25) is 10.0 Å². The normalized spacial score (nSPS) is 17.7. The van der Waals surface area contributed by atoms with E-state index in [-0.39, 0.29) is 17.9 Å². The summed E-state index contributed by atoms with van der Waals surface area (Å²) in [5.74, 6) is 0.0209. The molecule has 24 heavy (non-hydrogen) atoms. The predicted octanol–water partition coefficient (Wildman–Crippen LogP) is 1.81. The van der Waals surface area contributed by atoms with E-state index in [0.717, 1.165) is 11.8 Å². The number of ether oxygens (including phenoxy) is 1. The minimum atomic E-state index is -3.54. The molecule has 0 saturated carbocycles. The number of carbonyl (C=O) groups is 1. The first-order valence-electron chi connectivity index (χ1n) is 7.71. The largest absolute Gasteiger partial charge is 0.476 e. The summed E-state index contributed by atoms with van der Waals surface area (Å²) in [6.07, 6.45) is 1.79. The molecule has 1 N–H and O–H groups in total. The van der Waals surface area contributed by atoms with Crippen LogP contribution in [-0.4, -0.2) is 39.8 Å². The van der Waals surface area contributed by atoms with Gasteiger partial charge in [0.25, 0.3) is 5.91 Å². The molecule has 0 spiro atoms. The Kier molecular flexibility index (Phi) is 4.94. The number of hydrogen-bond donors (Lipinski definition) is 1. The smallest absolute Gasteiger partial charge is 0.263 e. The van der Waals surface area contributed by atoms with Crippen LogP contribution in [0.15, 0.2) is 30.9 Å². The predicted molar refractivity (Wildman–Crippen MR) is 95.0 cm³/mol. The molecule has 0 aliphatic carbocycles. The second-order valence-corrected chi connectivity index (χ2v) is 8.77. The molecule has 0 saturated heterocycles. The van der Waals surface area contributed by atoms with Crippen molar-refractivity contribution < 1.29 is 17.9 Å². The zero-order chi connectivity index (χ0) is 18.1. The van der Waals surface area contributed by atoms with Crippen LogP contribution in [0.4, 0.5) is 5.69 Å². The highest BCUT2D eigenvalue weighted by atomic mass is 32.2. The number of carbonyl (C=O) groups excluding carboxylic acids is 1. The highest BCUT2D eigenvalue weighted by Gasteiger charge is 2.35. The standard InChI is InChI=1S/C17H24N2O4S/c1-6-9-18-16(20)15-11-19(24(5,21)22)13-10-12(17(2,3)4)7-8-14(13)23-15/h6-8,10,15H,1,9,11H2,2-5H3,(H,18,20). The SMILES string of the molecule is C=CCNC(=O)C1CN(S(C)(=O)=O)c2cc(C(C)(C)C)ccc2O1. The molecule has 6 nitrogen and oxygen atoms in total. The van der Waals surface area contributed by atoms with Gasteiger partial charge >= 0.3 is 0 Å². The van der Waals surface area contributed by atoms with Crippen LogP contribution < -0.4 is 14.4 Å². The van der Waals surface area contributed by atoms with Crippen molar-refractivity contribution in [3.05, 3.63) is 36.4 Å². The fraction of sp³-hybridized carbons (Fsp3) is 0.471. The molecule has 132 valence electrons. The molecule has 1 amide bonds. The number of rotatable bonds is 4. The van der Waals surface area contributed by atoms with E-state index in [0.29, 0.717) is 18.0 Å². The number of nitrogens with zero attached hydrogens (tertiary/aromatic N) is 1. The maximum Gasteiger partial charge on any atom is 0.263 e. The Bertz CT molecular complexity index is 750. The maximum absolute atomic E-state index is 12.2. The van der Waals surface area contributed by atoms with Crippen molar-refractivity contribution in [3.8, 4) is 5.75 Å². The van der Waals surface area contributed by atoms with E-state index in [1.165, 1.54) is 4.31 Å². The monoisotopic (exact) mass is 352 g/mol. The molecule has 1 unspecified atom stereocenters. The van der Waals surface area contributed by atoms with Gasteiger partial charge in [-0.2, -0.15) is 0 Å². The summed E-state index contributed by atoms with van der Waals surface area (Å²) in [5, 5.41) is 2.64. The Morgan fingerprint density at radius 2 is 2.12 bits per heavy atom. The lowest BCUT2D eigenvalue weighted by atomic mass is 9.86. The Hall–Kier alpha value is -2.02. The number of benzene rings is 1. The second kappa shape index (κ2) is 6.47. The van der Waals surface area contributed by atoms with Gasteiger partial charge in [-0.3, -0.25) is 9.10 Å². The van der Waals surface area contributed by atoms with Gasteiger partial charge in [-0.25, -0.2) is 8.42 Å². The summed E-state index contributed by atoms with van der Waals surface area (Å²) in [6.45, 7) is 9.94. The quantitative estimate of drug-likeness (QED) is 0.839. The van der Waals surface area contributed by atoms with E-state index in [1.807, 2.05) is 12.1 Å². The van der Waals surface area contributed by atoms with Gasteiger partial charge in [-0.15, -0.1) is 6.58 Å². The summed E-state index contributed by atoms with van der Waals surface area (Å²) < 4.78 is 31.4. The van der Waals surface area contributed by atoms with E-state index in [2.05, 4.69) is 32.7 Å². The lowest BCUT2D eigenvalue weighted by molar-refractivity contribution is -0.127. The zero-order valence-electron chi connectivity index (χ0n) is 14.5. The number of anilines is 1. The van der Waals surface area contributed by atoms with E-state index < -0.39 is 16.1 Å². The molecule has 1 aliphatic heterocycles. The zero-order valence-corrected chi connectivity index (χ0v) is 15.3. The molecule has 1 aromatic carbocycles. The number of hydrogen-bond acceptors (Lipinski definition) is 4. The number of amides is 1. The molecular weight excluding hydrogens is 328 g/mol. The van der Waals surface area contributed by atoms with Gasteiger partial charge in [0.1, 0.15) is 5.75 Å². The average Bonchev–Trinajstić information content (AvgIpc) is 2.49. The van der Waals surface area contributed by atoms with Gasteiger partial charge < -0.3 is 10.1 Å². The van der Waals surface area contributed by atoms with Gasteiger partial charge in [0, 0.05) is 6.54 Å². The summed E-state index contributed by atoms with van der Waals surface area (Å²) >= 11 is 0. The third kappa shape index (κ3) is 3.90. The van der Waals surface area contributed by atoms with Crippen molar-refractivity contribution in [1.82, 2.24) is 5.32 Å². The van der Waals surface area contributed by atoms with Crippen LogP contribution in [0.1, 0.15) is 26.3 Å². The first-order chi connectivity index (χ1) is 11.0. The van der Waals surface area contributed by atoms with Crippen LogP contribution in [0.25, 0.3) is 0 Å². The maximum atomic E-state index is 12.2. The van der Waals surface area contributed by atoms with E-state index in [9.17, 15) is 13.2 Å². The summed E-state index contributed by atoms with van der Waals surface area (Å²) in [7, 11) is -3.54. The molecule has 1 aliphatic rings. The lowest BCUT2D eigenvalue weighted by Crippen LogP contribution is -2.50. The average molecular weight is 352 g/mol.